The molecule has 0 atom stereocenters. The summed E-state index contributed by atoms with van der Waals surface area (Å²) < 4.78 is 6.79. The van der Waals surface area contributed by atoms with Gasteiger partial charge >= 0.3 is 6.03 Å². The number of para-hydroxylation sites is 1. The van der Waals surface area contributed by atoms with Gasteiger partial charge < -0.3 is 15.4 Å². The van der Waals surface area contributed by atoms with Crippen molar-refractivity contribution < 1.29 is 9.53 Å². The van der Waals surface area contributed by atoms with Crippen molar-refractivity contribution in [3.05, 3.63) is 52.1 Å². The van der Waals surface area contributed by atoms with Gasteiger partial charge in [0.15, 0.2) is 0 Å². The highest BCUT2D eigenvalue weighted by atomic mass is 127. The lowest BCUT2D eigenvalue weighted by molar-refractivity contribution is 0.262. The van der Waals surface area contributed by atoms with Crippen molar-refractivity contribution in [3.8, 4) is 5.75 Å². The van der Waals surface area contributed by atoms with E-state index < -0.39 is 0 Å². The predicted octanol–water partition coefficient (Wildman–Crippen LogP) is 7.45. The van der Waals surface area contributed by atoms with Crippen LogP contribution in [0, 0.1) is 3.57 Å². The maximum Gasteiger partial charge on any atom is 0.323 e. The number of carbonyl (C=O) groups excluding carboxylic acids is 1. The lowest BCUT2D eigenvalue weighted by Crippen LogP contribution is -2.19. The molecule has 2 rings (SSSR count). The molecular weight excluding hydrogens is 463 g/mol. The van der Waals surface area contributed by atoms with Crippen LogP contribution in [-0.2, 0) is 0 Å². The molecule has 2 amide bonds. The van der Waals surface area contributed by atoms with Crippen LogP contribution < -0.4 is 15.4 Å². The minimum atomic E-state index is -0.253. The third-order valence-corrected chi connectivity index (χ3v) is 5.44. The molecule has 0 unspecified atom stereocenters. The fourth-order valence-electron chi connectivity index (χ4n) is 2.91. The minimum absolute atomic E-state index is 0.253. The van der Waals surface area contributed by atoms with Crippen LogP contribution in [0.25, 0.3) is 0 Å². The van der Waals surface area contributed by atoms with Crippen molar-refractivity contribution in [1.82, 2.24) is 0 Å². The first kappa shape index (κ1) is 22.5. The van der Waals surface area contributed by atoms with Crippen molar-refractivity contribution in [2.24, 2.45) is 0 Å². The van der Waals surface area contributed by atoms with Crippen molar-refractivity contribution in [1.29, 1.82) is 0 Å². The van der Waals surface area contributed by atoms with Crippen LogP contribution in [0.2, 0.25) is 0 Å². The first-order valence-electron chi connectivity index (χ1n) is 10.2. The molecule has 0 spiro atoms. The van der Waals surface area contributed by atoms with Gasteiger partial charge in [0, 0.05) is 9.26 Å². The molecule has 0 aliphatic carbocycles. The zero-order valence-electron chi connectivity index (χ0n) is 16.7. The van der Waals surface area contributed by atoms with Gasteiger partial charge in [0.2, 0.25) is 0 Å². The van der Waals surface area contributed by atoms with Gasteiger partial charge in [-0.15, -0.1) is 0 Å². The number of halogens is 1. The van der Waals surface area contributed by atoms with Gasteiger partial charge in [-0.2, -0.15) is 0 Å². The third kappa shape index (κ3) is 8.95. The second-order valence-corrected chi connectivity index (χ2v) is 8.07. The summed E-state index contributed by atoms with van der Waals surface area (Å²) in [7, 11) is 0. The summed E-state index contributed by atoms with van der Waals surface area (Å²) in [6.45, 7) is 2.99. The average Bonchev–Trinajstić information content (AvgIpc) is 2.70. The van der Waals surface area contributed by atoms with E-state index in [4.69, 9.17) is 4.74 Å². The Bertz CT molecular complexity index is 704. The summed E-state index contributed by atoms with van der Waals surface area (Å²) in [6, 6.07) is 14.9. The van der Waals surface area contributed by atoms with Crippen molar-refractivity contribution in [2.75, 3.05) is 17.2 Å². The van der Waals surface area contributed by atoms with Crippen molar-refractivity contribution >= 4 is 40.0 Å². The van der Waals surface area contributed by atoms with Crippen LogP contribution >= 0.6 is 22.6 Å². The monoisotopic (exact) mass is 494 g/mol. The van der Waals surface area contributed by atoms with Crippen LogP contribution in [-0.4, -0.2) is 12.6 Å². The highest BCUT2D eigenvalue weighted by molar-refractivity contribution is 14.1. The van der Waals surface area contributed by atoms with E-state index >= 15 is 0 Å². The third-order valence-electron chi connectivity index (χ3n) is 4.50. The molecule has 2 N–H and O–H groups in total. The van der Waals surface area contributed by atoms with Gasteiger partial charge in [0.25, 0.3) is 0 Å². The molecule has 5 heteroatoms. The zero-order valence-corrected chi connectivity index (χ0v) is 18.8. The second-order valence-electron chi connectivity index (χ2n) is 6.91. The number of anilines is 2. The summed E-state index contributed by atoms with van der Waals surface area (Å²) in [4.78, 5) is 12.1. The first-order valence-corrected chi connectivity index (χ1v) is 11.3. The molecule has 28 heavy (non-hydrogen) atoms. The number of benzene rings is 2. The van der Waals surface area contributed by atoms with Gasteiger partial charge in [0.05, 0.1) is 12.3 Å². The number of unbranched alkanes of at least 4 members (excludes halogenated alkanes) is 7. The SMILES string of the molecule is CCCCCCCCCCOc1ccc(NC(=O)Nc2ccccc2I)cc1. The van der Waals surface area contributed by atoms with Gasteiger partial charge in [-0.1, -0.05) is 64.0 Å². The zero-order chi connectivity index (χ0) is 20.0. The van der Waals surface area contributed by atoms with Crippen LogP contribution in [0.1, 0.15) is 58.3 Å². The Labute approximate surface area is 182 Å². The van der Waals surface area contributed by atoms with Crippen LogP contribution in [0.5, 0.6) is 5.75 Å². The Morgan fingerprint density at radius 1 is 0.857 bits per heavy atom. The molecule has 2 aromatic carbocycles. The predicted molar refractivity (Wildman–Crippen MR) is 126 cm³/mol. The number of hydrogen-bond acceptors (Lipinski definition) is 2. The fourth-order valence-corrected chi connectivity index (χ4v) is 3.43. The van der Waals surface area contributed by atoms with E-state index in [-0.39, 0.29) is 6.03 Å². The number of urea groups is 1. The summed E-state index contributed by atoms with van der Waals surface area (Å²) in [6.07, 6.45) is 10.3. The first-order chi connectivity index (χ1) is 13.7. The molecule has 0 bridgehead atoms. The molecule has 2 aromatic rings. The molecule has 0 fully saturated rings. The lowest BCUT2D eigenvalue weighted by Gasteiger charge is -2.10. The number of hydrogen-bond donors (Lipinski definition) is 2. The topological polar surface area (TPSA) is 50.4 Å². The molecule has 0 saturated carbocycles. The Kier molecular flexibility index (Phi) is 10.8. The quantitative estimate of drug-likeness (QED) is 0.238. The standard InChI is InChI=1S/C23H31IN2O2/c1-2-3-4-5-6-7-8-11-18-28-20-16-14-19(15-17-20)25-23(27)26-22-13-10-9-12-21(22)24/h9-10,12-17H,2-8,11,18H2,1H3,(H2,25,26,27). The summed E-state index contributed by atoms with van der Waals surface area (Å²) in [5.41, 5.74) is 1.54. The number of ether oxygens (including phenoxy) is 1. The molecule has 0 aromatic heterocycles. The molecular formula is C23H31IN2O2. The van der Waals surface area contributed by atoms with E-state index in [0.717, 1.165) is 33.7 Å². The van der Waals surface area contributed by atoms with E-state index in [9.17, 15) is 4.79 Å². The van der Waals surface area contributed by atoms with Crippen LogP contribution in [0.15, 0.2) is 48.5 Å². The Morgan fingerprint density at radius 3 is 2.18 bits per heavy atom. The lowest BCUT2D eigenvalue weighted by atomic mass is 10.1. The van der Waals surface area contributed by atoms with E-state index in [1.807, 2.05) is 48.5 Å². The minimum Gasteiger partial charge on any atom is -0.494 e. The highest BCUT2D eigenvalue weighted by Crippen LogP contribution is 2.19. The Balaban J connectivity index is 1.62. The maximum atomic E-state index is 12.1. The van der Waals surface area contributed by atoms with Gasteiger partial charge in [-0.3, -0.25) is 0 Å². The average molecular weight is 494 g/mol. The summed E-state index contributed by atoms with van der Waals surface area (Å²) >= 11 is 2.20. The van der Waals surface area contributed by atoms with Crippen molar-refractivity contribution in [3.63, 3.8) is 0 Å². The molecule has 152 valence electrons. The van der Waals surface area contributed by atoms with E-state index in [2.05, 4.69) is 40.1 Å². The molecule has 0 saturated heterocycles. The Hall–Kier alpha value is -1.76. The van der Waals surface area contributed by atoms with Crippen LogP contribution in [0.4, 0.5) is 16.2 Å². The van der Waals surface area contributed by atoms with Gasteiger partial charge in [-0.05, 0) is 65.4 Å². The van der Waals surface area contributed by atoms with E-state index in [0.29, 0.717) is 0 Å². The molecule has 0 heterocycles. The van der Waals surface area contributed by atoms with Crippen LogP contribution in [0.3, 0.4) is 0 Å². The number of amides is 2. The highest BCUT2D eigenvalue weighted by Gasteiger charge is 2.05. The molecule has 4 nitrogen and oxygen atoms in total. The largest absolute Gasteiger partial charge is 0.494 e. The second kappa shape index (κ2) is 13.4. The Morgan fingerprint density at radius 2 is 1.50 bits per heavy atom. The van der Waals surface area contributed by atoms with E-state index in [1.165, 1.54) is 44.9 Å². The van der Waals surface area contributed by atoms with Gasteiger partial charge in [-0.25, -0.2) is 4.79 Å². The van der Waals surface area contributed by atoms with Gasteiger partial charge in [0.1, 0.15) is 5.75 Å². The number of carbonyl (C=O) groups is 1. The summed E-state index contributed by atoms with van der Waals surface area (Å²) in [5, 5.41) is 5.70. The van der Waals surface area contributed by atoms with Crippen molar-refractivity contribution in [2.45, 2.75) is 58.3 Å². The molecule has 0 aliphatic rings. The molecule has 0 aliphatic heterocycles. The number of nitrogens with one attached hydrogen (secondary N) is 2. The van der Waals surface area contributed by atoms with E-state index in [1.54, 1.807) is 0 Å². The number of rotatable bonds is 12. The smallest absolute Gasteiger partial charge is 0.323 e. The summed E-state index contributed by atoms with van der Waals surface area (Å²) in [5.74, 6) is 0.839. The fraction of sp³-hybridized carbons (Fsp3) is 0.435. The maximum absolute atomic E-state index is 12.1. The normalized spacial score (nSPS) is 10.5. The molecule has 0 radical (unpaired) electrons.